The van der Waals surface area contributed by atoms with E-state index in [0.717, 1.165) is 18.9 Å². The van der Waals surface area contributed by atoms with Crippen molar-refractivity contribution in [1.82, 2.24) is 9.88 Å². The van der Waals surface area contributed by atoms with Crippen molar-refractivity contribution in [3.63, 3.8) is 0 Å². The molecule has 0 bridgehead atoms. The molecule has 0 amide bonds. The van der Waals surface area contributed by atoms with Crippen LogP contribution in [0.3, 0.4) is 0 Å². The summed E-state index contributed by atoms with van der Waals surface area (Å²) in [4.78, 5) is 8.62. The van der Waals surface area contributed by atoms with Crippen LogP contribution in [0, 0.1) is 0 Å². The predicted molar refractivity (Wildman–Crippen MR) is 83.1 cm³/mol. The molecule has 0 radical (unpaired) electrons. The fourth-order valence-corrected chi connectivity index (χ4v) is 4.83. The van der Waals surface area contributed by atoms with Gasteiger partial charge in [-0.1, -0.05) is 12.8 Å². The van der Waals surface area contributed by atoms with Gasteiger partial charge < -0.3 is 5.11 Å². The smallest absolute Gasteiger partial charge is 0.0959 e. The minimum absolute atomic E-state index is 0.184. The van der Waals surface area contributed by atoms with Crippen LogP contribution in [0.1, 0.15) is 67.7 Å². The highest BCUT2D eigenvalue weighted by molar-refractivity contribution is 7.11. The zero-order chi connectivity index (χ0) is 13.9. The summed E-state index contributed by atoms with van der Waals surface area (Å²) in [6, 6.07) is 0.562. The van der Waals surface area contributed by atoms with E-state index in [4.69, 9.17) is 0 Å². The van der Waals surface area contributed by atoms with Crippen molar-refractivity contribution < 1.29 is 5.11 Å². The van der Waals surface area contributed by atoms with Crippen LogP contribution >= 0.6 is 11.3 Å². The first-order valence-corrected chi connectivity index (χ1v) is 8.90. The summed E-state index contributed by atoms with van der Waals surface area (Å²) in [5, 5.41) is 11.0. The molecule has 1 saturated heterocycles. The zero-order valence-electron chi connectivity index (χ0n) is 12.4. The molecule has 1 N–H and O–H groups in total. The van der Waals surface area contributed by atoms with E-state index in [1.807, 2.05) is 18.3 Å². The highest BCUT2D eigenvalue weighted by Crippen LogP contribution is 2.36. The van der Waals surface area contributed by atoms with E-state index in [0.29, 0.717) is 6.04 Å². The van der Waals surface area contributed by atoms with Crippen LogP contribution in [-0.4, -0.2) is 33.7 Å². The normalized spacial score (nSPS) is 26.4. The monoisotopic (exact) mass is 294 g/mol. The van der Waals surface area contributed by atoms with Gasteiger partial charge in [0.15, 0.2) is 0 Å². The summed E-state index contributed by atoms with van der Waals surface area (Å²) >= 11 is 1.92. The molecule has 1 aromatic heterocycles. The van der Waals surface area contributed by atoms with Crippen LogP contribution in [-0.2, 0) is 6.54 Å². The SMILES string of the molecule is CC(O)CC1CCCN1Cc1cnc(C2CCCC2)s1. The molecule has 3 rings (SSSR count). The fourth-order valence-electron chi connectivity index (χ4n) is 3.72. The number of rotatable bonds is 5. The van der Waals surface area contributed by atoms with Gasteiger partial charge in [-0.15, -0.1) is 11.3 Å². The van der Waals surface area contributed by atoms with E-state index in [-0.39, 0.29) is 6.10 Å². The van der Waals surface area contributed by atoms with Crippen LogP contribution in [0.4, 0.5) is 0 Å². The van der Waals surface area contributed by atoms with Crippen LogP contribution in [0.25, 0.3) is 0 Å². The second kappa shape index (κ2) is 6.54. The maximum Gasteiger partial charge on any atom is 0.0959 e. The van der Waals surface area contributed by atoms with Gasteiger partial charge in [-0.2, -0.15) is 0 Å². The van der Waals surface area contributed by atoms with E-state index < -0.39 is 0 Å². The number of hydrogen-bond donors (Lipinski definition) is 1. The highest BCUT2D eigenvalue weighted by Gasteiger charge is 2.27. The van der Waals surface area contributed by atoms with Gasteiger partial charge in [0, 0.05) is 29.6 Å². The molecular formula is C16H26N2OS. The summed E-state index contributed by atoms with van der Waals surface area (Å²) in [5.41, 5.74) is 0. The summed E-state index contributed by atoms with van der Waals surface area (Å²) in [7, 11) is 0. The number of hydrogen-bond acceptors (Lipinski definition) is 4. The second-order valence-corrected chi connectivity index (χ2v) is 7.64. The minimum atomic E-state index is -0.184. The Kier molecular flexibility index (Phi) is 4.74. The van der Waals surface area contributed by atoms with Crippen LogP contribution in [0.2, 0.25) is 0 Å². The van der Waals surface area contributed by atoms with E-state index in [1.54, 1.807) is 0 Å². The van der Waals surface area contributed by atoms with Crippen molar-refractivity contribution in [2.45, 2.75) is 76.5 Å². The Hall–Kier alpha value is -0.450. The molecular weight excluding hydrogens is 268 g/mol. The standard InChI is InChI=1S/C16H26N2OS/c1-12(19)9-14-7-4-8-18(14)11-15-10-17-16(20-15)13-5-2-3-6-13/h10,12-14,19H,2-9,11H2,1H3. The van der Waals surface area contributed by atoms with Crippen molar-refractivity contribution >= 4 is 11.3 Å². The number of aliphatic hydroxyl groups excluding tert-OH is 1. The third kappa shape index (κ3) is 3.41. The number of likely N-dealkylation sites (tertiary alicyclic amines) is 1. The molecule has 2 unspecified atom stereocenters. The summed E-state index contributed by atoms with van der Waals surface area (Å²) in [5.74, 6) is 0.737. The molecule has 20 heavy (non-hydrogen) atoms. The molecule has 1 aliphatic carbocycles. The molecule has 2 heterocycles. The van der Waals surface area contributed by atoms with Gasteiger partial charge in [0.05, 0.1) is 11.1 Å². The lowest BCUT2D eigenvalue weighted by Crippen LogP contribution is -2.31. The molecule has 112 valence electrons. The van der Waals surface area contributed by atoms with Gasteiger partial charge in [0.1, 0.15) is 0 Å². The fraction of sp³-hybridized carbons (Fsp3) is 0.812. The third-order valence-corrected chi connectivity index (χ3v) is 5.89. The Morgan fingerprint density at radius 1 is 1.35 bits per heavy atom. The van der Waals surface area contributed by atoms with Crippen LogP contribution < -0.4 is 0 Å². The third-order valence-electron chi connectivity index (χ3n) is 4.75. The molecule has 3 nitrogen and oxygen atoms in total. The second-order valence-electron chi connectivity index (χ2n) is 6.50. The summed E-state index contributed by atoms with van der Waals surface area (Å²) < 4.78 is 0. The maximum atomic E-state index is 9.61. The number of nitrogens with zero attached hydrogens (tertiary/aromatic N) is 2. The van der Waals surface area contributed by atoms with Crippen molar-refractivity contribution in [2.75, 3.05) is 6.54 Å². The Morgan fingerprint density at radius 3 is 2.90 bits per heavy atom. The lowest BCUT2D eigenvalue weighted by Gasteiger charge is -2.24. The van der Waals surface area contributed by atoms with Crippen LogP contribution in [0.5, 0.6) is 0 Å². The predicted octanol–water partition coefficient (Wildman–Crippen LogP) is 3.54. The van der Waals surface area contributed by atoms with Crippen molar-refractivity contribution in [2.24, 2.45) is 0 Å². The number of thiazole rings is 1. The molecule has 2 aliphatic rings. The first-order valence-electron chi connectivity index (χ1n) is 8.09. The largest absolute Gasteiger partial charge is 0.393 e. The van der Waals surface area contributed by atoms with Gasteiger partial charge in [0.2, 0.25) is 0 Å². The van der Waals surface area contributed by atoms with Gasteiger partial charge >= 0.3 is 0 Å². The van der Waals surface area contributed by atoms with Crippen molar-refractivity contribution in [3.8, 4) is 0 Å². The Bertz CT molecular complexity index is 426. The zero-order valence-corrected chi connectivity index (χ0v) is 13.2. The van der Waals surface area contributed by atoms with Gasteiger partial charge in [-0.05, 0) is 45.6 Å². The first kappa shape index (κ1) is 14.5. The molecule has 1 saturated carbocycles. The molecule has 4 heteroatoms. The number of aromatic nitrogens is 1. The van der Waals surface area contributed by atoms with Crippen molar-refractivity contribution in [1.29, 1.82) is 0 Å². The summed E-state index contributed by atoms with van der Waals surface area (Å²) in [6.07, 6.45) is 10.7. The molecule has 0 spiro atoms. The highest BCUT2D eigenvalue weighted by atomic mass is 32.1. The average Bonchev–Trinajstić information content (AvgIpc) is 3.11. The van der Waals surface area contributed by atoms with Gasteiger partial charge in [0.25, 0.3) is 0 Å². The lowest BCUT2D eigenvalue weighted by atomic mass is 10.1. The Morgan fingerprint density at radius 2 is 2.15 bits per heavy atom. The Balaban J connectivity index is 1.59. The first-order chi connectivity index (χ1) is 9.72. The lowest BCUT2D eigenvalue weighted by molar-refractivity contribution is 0.131. The quantitative estimate of drug-likeness (QED) is 0.902. The Labute approximate surface area is 126 Å². The average molecular weight is 294 g/mol. The van der Waals surface area contributed by atoms with E-state index >= 15 is 0 Å². The number of aliphatic hydroxyl groups is 1. The van der Waals surface area contributed by atoms with E-state index in [2.05, 4.69) is 16.1 Å². The van der Waals surface area contributed by atoms with Gasteiger partial charge in [-0.25, -0.2) is 4.98 Å². The molecule has 2 atom stereocenters. The van der Waals surface area contributed by atoms with E-state index in [9.17, 15) is 5.11 Å². The van der Waals surface area contributed by atoms with Gasteiger partial charge in [-0.3, -0.25) is 4.90 Å². The van der Waals surface area contributed by atoms with Crippen molar-refractivity contribution in [3.05, 3.63) is 16.1 Å². The maximum absolute atomic E-state index is 9.61. The topological polar surface area (TPSA) is 36.4 Å². The van der Waals surface area contributed by atoms with Crippen LogP contribution in [0.15, 0.2) is 6.20 Å². The molecule has 2 fully saturated rings. The molecule has 1 aliphatic heterocycles. The molecule has 0 aromatic carbocycles. The van der Waals surface area contributed by atoms with E-state index in [1.165, 1.54) is 55.0 Å². The minimum Gasteiger partial charge on any atom is -0.393 e. The molecule has 1 aromatic rings. The summed E-state index contributed by atoms with van der Waals surface area (Å²) in [6.45, 7) is 4.11.